The first-order valence-electron chi connectivity index (χ1n) is 17.1. The number of methoxy groups -OCH3 is 2. The average molecular weight is 764 g/mol. The van der Waals surface area contributed by atoms with Crippen molar-refractivity contribution in [2.45, 2.75) is 36.0 Å². The zero-order valence-electron chi connectivity index (χ0n) is 30.2. The lowest BCUT2D eigenvalue weighted by Gasteiger charge is -2.35. The third-order valence-corrected chi connectivity index (χ3v) is 11.6. The maximum absolute atomic E-state index is 14.7. The summed E-state index contributed by atoms with van der Waals surface area (Å²) in [6, 6.07) is 22.6. The van der Waals surface area contributed by atoms with Crippen LogP contribution in [0.3, 0.4) is 0 Å². The number of carbonyl (C=O) groups is 2. The topological polar surface area (TPSA) is 103 Å². The highest BCUT2D eigenvalue weighted by Gasteiger charge is 2.30. The van der Waals surface area contributed by atoms with E-state index in [-0.39, 0.29) is 47.7 Å². The minimum Gasteiger partial charge on any atom is -0.497 e. The molecule has 2 atom stereocenters. The molecule has 1 fully saturated rings. The second-order valence-corrected chi connectivity index (χ2v) is 15.4. The number of halogens is 2. The Kier molecular flexibility index (Phi) is 13.2. The van der Waals surface area contributed by atoms with Crippen molar-refractivity contribution >= 4 is 56.6 Å². The number of nitriles is 1. The van der Waals surface area contributed by atoms with E-state index in [0.29, 0.717) is 27.6 Å². The third-order valence-electron chi connectivity index (χ3n) is 9.86. The lowest BCUT2D eigenvalue weighted by Crippen LogP contribution is -2.43. The summed E-state index contributed by atoms with van der Waals surface area (Å²) in [7, 11) is 5.23. The molecule has 0 aromatic heterocycles. The van der Waals surface area contributed by atoms with Crippen LogP contribution < -0.4 is 9.47 Å². The van der Waals surface area contributed by atoms with Crippen LogP contribution in [0.25, 0.3) is 10.8 Å². The number of nitrogens with zero attached hydrogens (tertiary/aromatic N) is 4. The molecule has 0 saturated carbocycles. The average Bonchev–Trinajstić information content (AvgIpc) is 3.15. The number of fused-ring (bicyclic) bond motifs is 1. The molecule has 1 aliphatic heterocycles. The molecule has 0 radical (unpaired) electrons. The zero-order valence-corrected chi connectivity index (χ0v) is 32.5. The van der Waals surface area contributed by atoms with Crippen molar-refractivity contribution in [3.63, 3.8) is 0 Å². The van der Waals surface area contributed by atoms with Gasteiger partial charge in [0.05, 0.1) is 46.2 Å². The fourth-order valence-corrected chi connectivity index (χ4v) is 8.10. The molecule has 12 heteroatoms. The van der Waals surface area contributed by atoms with Gasteiger partial charge < -0.3 is 24.2 Å². The van der Waals surface area contributed by atoms with Gasteiger partial charge >= 0.3 is 0 Å². The van der Waals surface area contributed by atoms with Crippen molar-refractivity contribution < 1.29 is 23.3 Å². The summed E-state index contributed by atoms with van der Waals surface area (Å²) in [5, 5.41) is 12.2. The highest BCUT2D eigenvalue weighted by molar-refractivity contribution is 7.84. The Balaban J connectivity index is 1.43. The summed E-state index contributed by atoms with van der Waals surface area (Å²) in [6.45, 7) is 2.48. The molecule has 1 aliphatic rings. The van der Waals surface area contributed by atoms with Crippen LogP contribution in [0.4, 0.5) is 0 Å². The first-order valence-corrected chi connectivity index (χ1v) is 19.4. The van der Waals surface area contributed by atoms with Gasteiger partial charge in [0.25, 0.3) is 5.91 Å². The Morgan fingerprint density at radius 2 is 1.73 bits per heavy atom. The first-order chi connectivity index (χ1) is 24.9. The van der Waals surface area contributed by atoms with Gasteiger partial charge in [0.2, 0.25) is 5.91 Å². The molecule has 0 spiro atoms. The van der Waals surface area contributed by atoms with Crippen LogP contribution in [0.15, 0.2) is 71.6 Å². The van der Waals surface area contributed by atoms with Gasteiger partial charge in [-0.3, -0.25) is 13.8 Å². The van der Waals surface area contributed by atoms with Gasteiger partial charge in [-0.05, 0) is 97.0 Å². The van der Waals surface area contributed by atoms with E-state index in [2.05, 4.69) is 11.0 Å². The van der Waals surface area contributed by atoms with Gasteiger partial charge in [-0.25, -0.2) is 0 Å². The van der Waals surface area contributed by atoms with Crippen LogP contribution in [0.5, 0.6) is 11.5 Å². The number of ether oxygens (including phenoxy) is 2. The maximum atomic E-state index is 14.7. The number of rotatable bonds is 13. The molecular formula is C40H44Cl2N4O5S. The second kappa shape index (κ2) is 17.6. The lowest BCUT2D eigenvalue weighted by atomic mass is 9.88. The number of likely N-dealkylation sites (tertiary alicyclic amines) is 1. The first kappa shape index (κ1) is 39.1. The molecule has 0 unspecified atom stereocenters. The number of amides is 2. The van der Waals surface area contributed by atoms with Gasteiger partial charge in [-0.1, -0.05) is 59.6 Å². The predicted octanol–water partition coefficient (Wildman–Crippen LogP) is 7.36. The molecule has 5 rings (SSSR count). The molecule has 1 heterocycles. The summed E-state index contributed by atoms with van der Waals surface area (Å²) in [6.07, 6.45) is 4.21. The lowest BCUT2D eigenvalue weighted by molar-refractivity contribution is -0.129. The molecule has 4 aromatic rings. The van der Waals surface area contributed by atoms with Crippen molar-refractivity contribution in [2.75, 3.05) is 67.3 Å². The molecule has 274 valence electrons. The van der Waals surface area contributed by atoms with E-state index < -0.39 is 16.7 Å². The fourth-order valence-electron chi connectivity index (χ4n) is 6.95. The summed E-state index contributed by atoms with van der Waals surface area (Å²) >= 11 is 12.9. The van der Waals surface area contributed by atoms with E-state index in [1.54, 1.807) is 44.5 Å². The van der Waals surface area contributed by atoms with Gasteiger partial charge in [-0.2, -0.15) is 5.26 Å². The summed E-state index contributed by atoms with van der Waals surface area (Å²) in [4.78, 5) is 34.3. The Labute approximate surface area is 318 Å². The SMILES string of the molecule is COc1ccc(C2CCN(CC[C@H](CN(CC(=O)N(C)C)C(=O)c3c(OC)c(C#N)cc4ccccc34)c3ccc(Cl)c(Cl)c3)CC2)c([S@](C)=O)c1. The van der Waals surface area contributed by atoms with E-state index in [0.717, 1.165) is 53.9 Å². The van der Waals surface area contributed by atoms with Crippen molar-refractivity contribution in [3.8, 4) is 17.6 Å². The molecule has 0 N–H and O–H groups in total. The van der Waals surface area contributed by atoms with Crippen LogP contribution in [-0.4, -0.2) is 98.0 Å². The molecule has 0 aliphatic carbocycles. The third kappa shape index (κ3) is 8.89. The molecule has 1 saturated heterocycles. The van der Waals surface area contributed by atoms with E-state index in [1.807, 2.05) is 54.6 Å². The maximum Gasteiger partial charge on any atom is 0.258 e. The Morgan fingerprint density at radius 1 is 1.00 bits per heavy atom. The van der Waals surface area contributed by atoms with Gasteiger partial charge in [0.15, 0.2) is 0 Å². The Morgan fingerprint density at radius 3 is 2.37 bits per heavy atom. The monoisotopic (exact) mass is 762 g/mol. The Bertz CT molecular complexity index is 2010. The number of hydrogen-bond acceptors (Lipinski definition) is 7. The van der Waals surface area contributed by atoms with Crippen molar-refractivity contribution in [1.82, 2.24) is 14.7 Å². The number of carbonyl (C=O) groups excluding carboxylic acids is 2. The minimum absolute atomic E-state index is 0.174. The Hall–Kier alpha value is -4.14. The van der Waals surface area contributed by atoms with Crippen LogP contribution in [0.2, 0.25) is 10.0 Å². The van der Waals surface area contributed by atoms with E-state index in [4.69, 9.17) is 32.7 Å². The summed E-state index contributed by atoms with van der Waals surface area (Å²) in [5.41, 5.74) is 2.48. The largest absolute Gasteiger partial charge is 0.497 e. The number of benzene rings is 4. The molecule has 52 heavy (non-hydrogen) atoms. The number of hydrogen-bond donors (Lipinski definition) is 0. The molecule has 4 aromatic carbocycles. The second-order valence-electron chi connectivity index (χ2n) is 13.3. The minimum atomic E-state index is -1.14. The highest BCUT2D eigenvalue weighted by Crippen LogP contribution is 2.37. The van der Waals surface area contributed by atoms with E-state index in [1.165, 1.54) is 12.0 Å². The fraction of sp³-hybridized carbons (Fsp3) is 0.375. The molecular weight excluding hydrogens is 719 g/mol. The van der Waals surface area contributed by atoms with E-state index in [9.17, 15) is 19.1 Å². The van der Waals surface area contributed by atoms with Crippen LogP contribution in [0, 0.1) is 11.3 Å². The van der Waals surface area contributed by atoms with Gasteiger partial charge in [0, 0.05) is 37.7 Å². The summed E-state index contributed by atoms with van der Waals surface area (Å²) < 4.78 is 23.7. The van der Waals surface area contributed by atoms with Crippen LogP contribution in [-0.2, 0) is 15.6 Å². The van der Waals surface area contributed by atoms with Crippen LogP contribution in [0.1, 0.15) is 58.1 Å². The van der Waals surface area contributed by atoms with Crippen molar-refractivity contribution in [2.24, 2.45) is 0 Å². The number of likely N-dealkylation sites (N-methyl/N-ethyl adjacent to an activating group) is 1. The predicted molar refractivity (Wildman–Crippen MR) is 207 cm³/mol. The van der Waals surface area contributed by atoms with Crippen LogP contribution >= 0.6 is 23.2 Å². The zero-order chi connectivity index (χ0) is 37.5. The van der Waals surface area contributed by atoms with E-state index >= 15 is 0 Å². The summed E-state index contributed by atoms with van der Waals surface area (Å²) in [5.74, 6) is 0.298. The van der Waals surface area contributed by atoms with Crippen molar-refractivity contribution in [3.05, 3.63) is 99.0 Å². The van der Waals surface area contributed by atoms with Gasteiger partial charge in [-0.15, -0.1) is 0 Å². The highest BCUT2D eigenvalue weighted by atomic mass is 35.5. The van der Waals surface area contributed by atoms with Gasteiger partial charge in [0.1, 0.15) is 24.1 Å². The smallest absolute Gasteiger partial charge is 0.258 e. The molecule has 0 bridgehead atoms. The molecule has 2 amide bonds. The molecule has 9 nitrogen and oxygen atoms in total. The quantitative estimate of drug-likeness (QED) is 0.140. The standard InChI is InChI=1S/C40H44Cl2N4O5S/c1-44(2)37(47)25-46(40(48)38-33-9-7-6-8-28(33)20-30(23-43)39(38)51-4)24-29(27-10-13-34(41)35(42)21-27)16-19-45-17-14-26(15-18-45)32-12-11-31(50-3)22-36(32)52(5)49/h6-13,20-22,26,29H,14-19,24-25H2,1-5H3/t29-,52+/m1/s1. The number of piperidine rings is 1. The van der Waals surface area contributed by atoms with Crippen molar-refractivity contribution in [1.29, 1.82) is 5.26 Å². The normalized spacial score (nSPS) is 14.7.